The smallest absolute Gasteiger partial charge is 0.325 e. The summed E-state index contributed by atoms with van der Waals surface area (Å²) >= 11 is 0. The molecule has 1 aromatic carbocycles. The number of imidazole rings is 1. The third kappa shape index (κ3) is 3.76. The number of benzene rings is 1. The van der Waals surface area contributed by atoms with Crippen molar-refractivity contribution < 1.29 is 0 Å². The molecule has 0 atom stereocenters. The van der Waals surface area contributed by atoms with E-state index in [0.717, 1.165) is 22.7 Å². The highest BCUT2D eigenvalue weighted by molar-refractivity contribution is 5.85. The number of nitrogens with zero attached hydrogens (tertiary/aromatic N) is 2. The summed E-state index contributed by atoms with van der Waals surface area (Å²) in [6.45, 7) is 8.79. The molecule has 4 aromatic rings. The molecule has 0 amide bonds. The van der Waals surface area contributed by atoms with Crippen LogP contribution in [0.2, 0.25) is 0 Å². The van der Waals surface area contributed by atoms with Gasteiger partial charge in [0.1, 0.15) is 0 Å². The van der Waals surface area contributed by atoms with Gasteiger partial charge in [-0.25, -0.2) is 9.78 Å². The Morgan fingerprint density at radius 2 is 1.80 bits per heavy atom. The zero-order valence-electron chi connectivity index (χ0n) is 17.3. The van der Waals surface area contributed by atoms with Crippen LogP contribution in [0.25, 0.3) is 16.8 Å². The van der Waals surface area contributed by atoms with Gasteiger partial charge in [0.05, 0.1) is 16.9 Å². The number of halogens is 1. The van der Waals surface area contributed by atoms with Crippen molar-refractivity contribution in [2.24, 2.45) is 0 Å². The lowest BCUT2D eigenvalue weighted by Crippen LogP contribution is -2.22. The summed E-state index contributed by atoms with van der Waals surface area (Å²) in [5.41, 5.74) is 7.36. The lowest BCUT2D eigenvalue weighted by Gasteiger charge is -2.14. The van der Waals surface area contributed by atoms with E-state index in [1.165, 1.54) is 22.9 Å². The number of H-pyrrole nitrogens is 2. The highest BCUT2D eigenvalue weighted by Crippen LogP contribution is 2.27. The maximum Gasteiger partial charge on any atom is 0.325 e. The van der Waals surface area contributed by atoms with E-state index in [4.69, 9.17) is 4.98 Å². The maximum atomic E-state index is 12.3. The predicted octanol–water partition coefficient (Wildman–Crippen LogP) is 3.65. The van der Waals surface area contributed by atoms with Gasteiger partial charge in [-0.2, -0.15) is 0 Å². The second-order valence-corrected chi connectivity index (χ2v) is 7.33. The average molecular weight is 426 g/mol. The fourth-order valence-corrected chi connectivity index (χ4v) is 3.58. The van der Waals surface area contributed by atoms with Gasteiger partial charge in [-0.3, -0.25) is 9.78 Å². The molecule has 30 heavy (non-hydrogen) atoms. The van der Waals surface area contributed by atoms with Crippen molar-refractivity contribution in [3.63, 3.8) is 0 Å². The minimum atomic E-state index is -0.525. The SMILES string of the molecule is Cc1cccc(C)c1CNc1cc(-c2c[nH]c(=O)[nH]c2=O)cn2c(C)c(C)nc12.Cl. The first kappa shape index (κ1) is 21.4. The number of aromatic nitrogens is 4. The average Bonchev–Trinajstić information content (AvgIpc) is 2.96. The number of hydrogen-bond acceptors (Lipinski definition) is 4. The Bertz CT molecular complexity index is 1330. The summed E-state index contributed by atoms with van der Waals surface area (Å²) in [5.74, 6) is 0. The molecular weight excluding hydrogens is 402 g/mol. The van der Waals surface area contributed by atoms with Crippen molar-refractivity contribution in [1.82, 2.24) is 19.4 Å². The molecule has 0 unspecified atom stereocenters. The van der Waals surface area contributed by atoms with Crippen molar-refractivity contribution in [3.05, 3.63) is 85.6 Å². The monoisotopic (exact) mass is 425 g/mol. The number of aromatic amines is 2. The Labute approximate surface area is 179 Å². The summed E-state index contributed by atoms with van der Waals surface area (Å²) in [4.78, 5) is 33.2. The number of pyridine rings is 1. The van der Waals surface area contributed by atoms with E-state index < -0.39 is 11.2 Å². The molecule has 3 heterocycles. The van der Waals surface area contributed by atoms with Gasteiger partial charge >= 0.3 is 5.69 Å². The van der Waals surface area contributed by atoms with Crippen LogP contribution >= 0.6 is 12.4 Å². The first-order valence-corrected chi connectivity index (χ1v) is 9.46. The molecule has 156 valence electrons. The van der Waals surface area contributed by atoms with Crippen LogP contribution < -0.4 is 16.6 Å². The van der Waals surface area contributed by atoms with Crippen LogP contribution in [0.1, 0.15) is 28.1 Å². The van der Waals surface area contributed by atoms with Gasteiger partial charge in [-0.15, -0.1) is 12.4 Å². The van der Waals surface area contributed by atoms with Crippen LogP contribution in [-0.2, 0) is 6.54 Å². The number of fused-ring (bicyclic) bond motifs is 1. The van der Waals surface area contributed by atoms with E-state index in [1.807, 2.05) is 30.5 Å². The van der Waals surface area contributed by atoms with Crippen LogP contribution in [0.15, 0.2) is 46.2 Å². The number of anilines is 1. The normalized spacial score (nSPS) is 10.8. The van der Waals surface area contributed by atoms with Crippen LogP contribution in [0, 0.1) is 27.7 Å². The molecular formula is C22H24ClN5O2. The van der Waals surface area contributed by atoms with E-state index >= 15 is 0 Å². The second-order valence-electron chi connectivity index (χ2n) is 7.33. The molecule has 0 aliphatic carbocycles. The minimum absolute atomic E-state index is 0. The van der Waals surface area contributed by atoms with E-state index in [9.17, 15) is 9.59 Å². The van der Waals surface area contributed by atoms with Crippen molar-refractivity contribution in [2.75, 3.05) is 5.32 Å². The maximum absolute atomic E-state index is 12.3. The summed E-state index contributed by atoms with van der Waals surface area (Å²) in [7, 11) is 0. The second kappa shape index (κ2) is 8.20. The van der Waals surface area contributed by atoms with Crippen LogP contribution in [-0.4, -0.2) is 19.4 Å². The molecule has 0 radical (unpaired) electrons. The lowest BCUT2D eigenvalue weighted by atomic mass is 10.0. The molecule has 0 bridgehead atoms. The fraction of sp³-hybridized carbons (Fsp3) is 0.227. The molecule has 0 aliphatic rings. The summed E-state index contributed by atoms with van der Waals surface area (Å²) in [5, 5.41) is 3.50. The molecule has 8 heteroatoms. The third-order valence-corrected chi connectivity index (χ3v) is 5.43. The van der Waals surface area contributed by atoms with E-state index in [0.29, 0.717) is 17.7 Å². The van der Waals surface area contributed by atoms with Crippen molar-refractivity contribution >= 4 is 23.7 Å². The number of nitrogens with one attached hydrogen (secondary N) is 3. The zero-order chi connectivity index (χ0) is 20.7. The van der Waals surface area contributed by atoms with Gasteiger partial charge < -0.3 is 14.7 Å². The quantitative estimate of drug-likeness (QED) is 0.465. The molecule has 0 aliphatic heterocycles. The van der Waals surface area contributed by atoms with Gasteiger partial charge in [0.25, 0.3) is 5.56 Å². The van der Waals surface area contributed by atoms with Gasteiger partial charge in [-0.1, -0.05) is 18.2 Å². The summed E-state index contributed by atoms with van der Waals surface area (Å²) in [6.07, 6.45) is 3.31. The molecule has 0 spiro atoms. The van der Waals surface area contributed by atoms with Crippen LogP contribution in [0.3, 0.4) is 0 Å². The summed E-state index contributed by atoms with van der Waals surface area (Å²) in [6, 6.07) is 8.15. The van der Waals surface area contributed by atoms with Gasteiger partial charge in [0.15, 0.2) is 5.65 Å². The van der Waals surface area contributed by atoms with Crippen LogP contribution in [0.4, 0.5) is 5.69 Å². The molecule has 3 N–H and O–H groups in total. The van der Waals surface area contributed by atoms with Gasteiger partial charge in [0.2, 0.25) is 0 Å². The highest BCUT2D eigenvalue weighted by atomic mass is 35.5. The molecule has 0 saturated carbocycles. The first-order chi connectivity index (χ1) is 13.8. The van der Waals surface area contributed by atoms with E-state index in [-0.39, 0.29) is 12.4 Å². The van der Waals surface area contributed by atoms with Crippen molar-refractivity contribution in [3.8, 4) is 11.1 Å². The number of hydrogen-bond donors (Lipinski definition) is 3. The topological polar surface area (TPSA) is 95.0 Å². The number of aryl methyl sites for hydroxylation is 4. The Morgan fingerprint density at radius 1 is 1.10 bits per heavy atom. The molecule has 4 rings (SSSR count). The van der Waals surface area contributed by atoms with E-state index in [1.54, 1.807) is 0 Å². The number of rotatable bonds is 4. The third-order valence-electron chi connectivity index (χ3n) is 5.43. The fourth-order valence-electron chi connectivity index (χ4n) is 3.58. The Kier molecular flexibility index (Phi) is 5.85. The molecule has 7 nitrogen and oxygen atoms in total. The lowest BCUT2D eigenvalue weighted by molar-refractivity contribution is 1.03. The van der Waals surface area contributed by atoms with Gasteiger partial charge in [0, 0.05) is 30.2 Å². The van der Waals surface area contributed by atoms with E-state index in [2.05, 4.69) is 47.3 Å². The first-order valence-electron chi connectivity index (χ1n) is 9.46. The Hall–Kier alpha value is -3.32. The highest BCUT2D eigenvalue weighted by Gasteiger charge is 2.14. The zero-order valence-corrected chi connectivity index (χ0v) is 18.1. The molecule has 3 aromatic heterocycles. The molecule has 0 fully saturated rings. The molecule has 0 saturated heterocycles. The van der Waals surface area contributed by atoms with Crippen LogP contribution in [0.5, 0.6) is 0 Å². The Balaban J connectivity index is 0.00000256. The standard InChI is InChI=1S/C22H23N5O2.ClH/c1-12-6-5-7-13(2)17(12)9-23-19-8-16(18-10-24-22(29)26-21(18)28)11-27-15(4)14(3)25-20(19)27;/h5-8,10-11,23H,9H2,1-4H3,(H2,24,26,28,29);1H. The largest absolute Gasteiger partial charge is 0.378 e. The van der Waals surface area contributed by atoms with Crippen molar-refractivity contribution in [2.45, 2.75) is 34.2 Å². The van der Waals surface area contributed by atoms with Crippen molar-refractivity contribution in [1.29, 1.82) is 0 Å². The predicted molar refractivity (Wildman–Crippen MR) is 122 cm³/mol. The van der Waals surface area contributed by atoms with Gasteiger partial charge in [-0.05, 0) is 50.5 Å². The minimum Gasteiger partial charge on any atom is -0.378 e. The Morgan fingerprint density at radius 3 is 2.47 bits per heavy atom. The summed E-state index contributed by atoms with van der Waals surface area (Å²) < 4.78 is 1.97.